The van der Waals surface area contributed by atoms with Gasteiger partial charge >= 0.3 is 0 Å². The van der Waals surface area contributed by atoms with Gasteiger partial charge in [-0.15, -0.1) is 0 Å². The van der Waals surface area contributed by atoms with Gasteiger partial charge in [0.05, 0.1) is 28.4 Å². The third kappa shape index (κ3) is 4.86. The van der Waals surface area contributed by atoms with Crippen molar-refractivity contribution in [1.82, 2.24) is 0 Å². The number of ether oxygens (including phenoxy) is 5. The fourth-order valence-corrected chi connectivity index (χ4v) is 2.91. The Morgan fingerprint density at radius 3 is 1.72 bits per heavy atom. The predicted molar refractivity (Wildman–Crippen MR) is 111 cm³/mol. The molecule has 0 aliphatic heterocycles. The molecule has 29 heavy (non-hydrogen) atoms. The van der Waals surface area contributed by atoms with E-state index in [1.807, 2.05) is 31.2 Å². The van der Waals surface area contributed by atoms with E-state index < -0.39 is 12.2 Å². The average Bonchev–Trinajstić information content (AvgIpc) is 2.74. The zero-order valence-corrected chi connectivity index (χ0v) is 17.6. The maximum atomic E-state index is 10.8. The summed E-state index contributed by atoms with van der Waals surface area (Å²) in [5, 5.41) is 20.9. The molecule has 7 heteroatoms. The van der Waals surface area contributed by atoms with Crippen molar-refractivity contribution in [2.75, 3.05) is 28.4 Å². The second kappa shape index (κ2) is 9.93. The van der Waals surface area contributed by atoms with Crippen LogP contribution in [0.5, 0.6) is 34.5 Å². The van der Waals surface area contributed by atoms with Gasteiger partial charge in [0.15, 0.2) is 23.0 Å². The molecule has 2 N–H and O–H groups in total. The van der Waals surface area contributed by atoms with Crippen molar-refractivity contribution < 1.29 is 33.9 Å². The molecule has 0 aliphatic carbocycles. The van der Waals surface area contributed by atoms with Gasteiger partial charge in [-0.2, -0.15) is 0 Å². The maximum Gasteiger partial charge on any atom is 0.203 e. The summed E-state index contributed by atoms with van der Waals surface area (Å²) in [7, 11) is 5.93. The van der Waals surface area contributed by atoms with Crippen molar-refractivity contribution in [3.8, 4) is 34.5 Å². The molecule has 0 unspecified atom stereocenters. The molecule has 0 aromatic heterocycles. The third-order valence-electron chi connectivity index (χ3n) is 4.43. The van der Waals surface area contributed by atoms with Crippen LogP contribution in [0.2, 0.25) is 0 Å². The highest BCUT2D eigenvalue weighted by Crippen LogP contribution is 2.42. The minimum atomic E-state index is -1.04. The molecule has 0 saturated carbocycles. The molecule has 0 amide bonds. The number of aliphatic hydroxyl groups is 1. The lowest BCUT2D eigenvalue weighted by molar-refractivity contribution is 0.0431. The minimum absolute atomic E-state index is 0.137. The van der Waals surface area contributed by atoms with Gasteiger partial charge in [0.2, 0.25) is 11.5 Å². The van der Waals surface area contributed by atoms with E-state index in [0.717, 1.165) is 5.56 Å². The molecule has 0 aliphatic rings. The van der Waals surface area contributed by atoms with Crippen molar-refractivity contribution in [2.24, 2.45) is 0 Å². The molecule has 0 heterocycles. The molecule has 0 bridgehead atoms. The fourth-order valence-electron chi connectivity index (χ4n) is 2.91. The summed E-state index contributed by atoms with van der Waals surface area (Å²) in [5.74, 6) is 1.60. The van der Waals surface area contributed by atoms with E-state index in [-0.39, 0.29) is 17.2 Å². The van der Waals surface area contributed by atoms with Crippen LogP contribution < -0.4 is 23.7 Å². The number of hydrogen-bond acceptors (Lipinski definition) is 7. The van der Waals surface area contributed by atoms with Gasteiger partial charge in [0, 0.05) is 0 Å². The predicted octanol–water partition coefficient (Wildman–Crippen LogP) is 3.96. The zero-order valence-electron chi connectivity index (χ0n) is 17.6. The smallest absolute Gasteiger partial charge is 0.203 e. The van der Waals surface area contributed by atoms with Crippen LogP contribution in [0.3, 0.4) is 0 Å². The van der Waals surface area contributed by atoms with Gasteiger partial charge < -0.3 is 33.9 Å². The molecule has 158 valence electrons. The first-order valence-corrected chi connectivity index (χ1v) is 9.08. The van der Waals surface area contributed by atoms with Crippen LogP contribution in [-0.4, -0.2) is 44.8 Å². The van der Waals surface area contributed by atoms with Crippen molar-refractivity contribution in [3.05, 3.63) is 41.5 Å². The van der Waals surface area contributed by atoms with Gasteiger partial charge in [-0.3, -0.25) is 0 Å². The summed E-state index contributed by atoms with van der Waals surface area (Å²) in [6.07, 6.45) is 2.11. The standard InChI is InChI=1S/C22H28O7/c1-7-8-14-9-18(27-5)22(19(10-14)28-6)29-13(2)20(23)15-11-16(25-3)21(24)17(12-15)26-4/h7-13,20,23-24H,1-6H3/b8-7+/t13-,20-/m0/s1. The number of methoxy groups -OCH3 is 4. The molecule has 0 radical (unpaired) electrons. The lowest BCUT2D eigenvalue weighted by Crippen LogP contribution is -2.22. The van der Waals surface area contributed by atoms with Crippen LogP contribution in [0, 0.1) is 0 Å². The molecule has 2 aromatic carbocycles. The average molecular weight is 404 g/mol. The largest absolute Gasteiger partial charge is 0.502 e. The van der Waals surface area contributed by atoms with Gasteiger partial charge in [0.1, 0.15) is 12.2 Å². The van der Waals surface area contributed by atoms with Crippen LogP contribution in [0.4, 0.5) is 0 Å². The molecule has 0 saturated heterocycles. The Hall–Kier alpha value is -3.06. The quantitative estimate of drug-likeness (QED) is 0.654. The molecule has 7 nitrogen and oxygen atoms in total. The maximum absolute atomic E-state index is 10.8. The van der Waals surface area contributed by atoms with Gasteiger partial charge in [-0.25, -0.2) is 0 Å². The van der Waals surface area contributed by atoms with E-state index >= 15 is 0 Å². The Morgan fingerprint density at radius 2 is 1.31 bits per heavy atom. The fraction of sp³-hybridized carbons (Fsp3) is 0.364. The number of rotatable bonds is 9. The second-order valence-electron chi connectivity index (χ2n) is 6.30. The number of phenolic OH excluding ortho intramolecular Hbond substituents is 1. The molecule has 2 aromatic rings. The van der Waals surface area contributed by atoms with Crippen LogP contribution >= 0.6 is 0 Å². The first-order chi connectivity index (χ1) is 13.9. The van der Waals surface area contributed by atoms with Crippen LogP contribution in [0.1, 0.15) is 31.1 Å². The molecule has 0 spiro atoms. The highest BCUT2D eigenvalue weighted by molar-refractivity contribution is 5.62. The topological polar surface area (TPSA) is 86.6 Å². The van der Waals surface area contributed by atoms with Crippen molar-refractivity contribution in [3.63, 3.8) is 0 Å². The third-order valence-corrected chi connectivity index (χ3v) is 4.43. The first-order valence-electron chi connectivity index (χ1n) is 9.08. The van der Waals surface area contributed by atoms with E-state index in [2.05, 4.69) is 0 Å². The SMILES string of the molecule is C/C=C/c1cc(OC)c(O[C@@H](C)[C@H](O)c2cc(OC)c(O)c(OC)c2)c(OC)c1. The Bertz CT molecular complexity index is 810. The Balaban J connectivity index is 2.38. The number of hydrogen-bond donors (Lipinski definition) is 2. The zero-order chi connectivity index (χ0) is 21.6. The van der Waals surface area contributed by atoms with E-state index in [4.69, 9.17) is 23.7 Å². The second-order valence-corrected chi connectivity index (χ2v) is 6.30. The van der Waals surface area contributed by atoms with E-state index in [1.165, 1.54) is 40.6 Å². The summed E-state index contributed by atoms with van der Waals surface area (Å²) in [6.45, 7) is 3.64. The van der Waals surface area contributed by atoms with Crippen molar-refractivity contribution in [1.29, 1.82) is 0 Å². The summed E-state index contributed by atoms with van der Waals surface area (Å²) in [5.41, 5.74) is 1.36. The van der Waals surface area contributed by atoms with Crippen molar-refractivity contribution in [2.45, 2.75) is 26.1 Å². The van der Waals surface area contributed by atoms with Gasteiger partial charge in [0.25, 0.3) is 0 Å². The van der Waals surface area contributed by atoms with E-state index in [1.54, 1.807) is 6.92 Å². The lowest BCUT2D eigenvalue weighted by atomic mass is 10.0. The molecule has 2 atom stereocenters. The van der Waals surface area contributed by atoms with Crippen LogP contribution in [-0.2, 0) is 0 Å². The van der Waals surface area contributed by atoms with Gasteiger partial charge in [-0.1, -0.05) is 12.2 Å². The summed E-state index contributed by atoms with van der Waals surface area (Å²) in [4.78, 5) is 0. The summed E-state index contributed by atoms with van der Waals surface area (Å²) < 4.78 is 27.2. The number of allylic oxidation sites excluding steroid dienone is 1. The Labute approximate surface area is 171 Å². The van der Waals surface area contributed by atoms with Crippen LogP contribution in [0.25, 0.3) is 6.08 Å². The monoisotopic (exact) mass is 404 g/mol. The normalized spacial score (nSPS) is 13.1. The first kappa shape index (κ1) is 22.2. The Morgan fingerprint density at radius 1 is 0.828 bits per heavy atom. The van der Waals surface area contributed by atoms with E-state index in [9.17, 15) is 10.2 Å². The molecule has 0 fully saturated rings. The number of benzene rings is 2. The van der Waals surface area contributed by atoms with Gasteiger partial charge in [-0.05, 0) is 49.2 Å². The lowest BCUT2D eigenvalue weighted by Gasteiger charge is -2.24. The highest BCUT2D eigenvalue weighted by atomic mass is 16.5. The number of phenols is 1. The molecule has 2 rings (SSSR count). The summed E-state index contributed by atoms with van der Waals surface area (Å²) in [6, 6.07) is 6.71. The van der Waals surface area contributed by atoms with E-state index in [0.29, 0.717) is 22.8 Å². The van der Waals surface area contributed by atoms with Crippen molar-refractivity contribution >= 4 is 6.08 Å². The van der Waals surface area contributed by atoms with Crippen LogP contribution in [0.15, 0.2) is 30.3 Å². The Kier molecular flexibility index (Phi) is 7.61. The summed E-state index contributed by atoms with van der Waals surface area (Å²) >= 11 is 0. The molecular formula is C22H28O7. The molecular weight excluding hydrogens is 376 g/mol. The number of aliphatic hydroxyl groups excluding tert-OH is 1. The number of aromatic hydroxyl groups is 1. The minimum Gasteiger partial charge on any atom is -0.502 e. The highest BCUT2D eigenvalue weighted by Gasteiger charge is 2.25.